The number of benzene rings is 1. The van der Waals surface area contributed by atoms with E-state index < -0.39 is 10.0 Å². The quantitative estimate of drug-likeness (QED) is 0.767. The van der Waals surface area contributed by atoms with Crippen LogP contribution in [0.3, 0.4) is 0 Å². The number of amides is 1. The normalized spacial score (nSPS) is 19.3. The third-order valence-electron chi connectivity index (χ3n) is 5.50. The van der Waals surface area contributed by atoms with Crippen LogP contribution in [0.4, 0.5) is 0 Å². The Morgan fingerprint density at radius 2 is 2.07 bits per heavy atom. The van der Waals surface area contributed by atoms with E-state index in [1.807, 2.05) is 0 Å². The van der Waals surface area contributed by atoms with Gasteiger partial charge in [0.25, 0.3) is 10.0 Å². The number of hydrogen-bond donors (Lipinski definition) is 1. The first-order chi connectivity index (χ1) is 13.3. The van der Waals surface area contributed by atoms with Gasteiger partial charge in [-0.15, -0.1) is 11.3 Å². The van der Waals surface area contributed by atoms with E-state index in [2.05, 4.69) is 44.3 Å². The van der Waals surface area contributed by atoms with Crippen LogP contribution in [0.15, 0.2) is 39.9 Å². The van der Waals surface area contributed by atoms with E-state index in [9.17, 15) is 13.2 Å². The van der Waals surface area contributed by atoms with E-state index in [4.69, 9.17) is 0 Å². The molecule has 3 rings (SSSR count). The molecular formula is C21H28N2O3S2. The second kappa shape index (κ2) is 8.76. The number of nitrogens with zero attached hydrogens (tertiary/aromatic N) is 1. The van der Waals surface area contributed by atoms with Crippen molar-refractivity contribution in [2.75, 3.05) is 13.1 Å². The SMILES string of the molecule is CCC(NC(=O)C1CCCN(S(=O)(=O)c2cccs2)C1)c1ccc(C)c(C)c1. The Morgan fingerprint density at radius 1 is 1.29 bits per heavy atom. The number of rotatable bonds is 6. The second-order valence-electron chi connectivity index (χ2n) is 7.45. The smallest absolute Gasteiger partial charge is 0.252 e. The molecule has 2 unspecified atom stereocenters. The van der Waals surface area contributed by atoms with Crippen molar-refractivity contribution in [2.45, 2.75) is 50.3 Å². The van der Waals surface area contributed by atoms with Gasteiger partial charge in [-0.25, -0.2) is 8.42 Å². The minimum absolute atomic E-state index is 0.0591. The molecule has 1 N–H and O–H groups in total. The van der Waals surface area contributed by atoms with Gasteiger partial charge < -0.3 is 5.32 Å². The van der Waals surface area contributed by atoms with Gasteiger partial charge in [0.1, 0.15) is 4.21 Å². The maximum Gasteiger partial charge on any atom is 0.252 e. The van der Waals surface area contributed by atoms with Crippen molar-refractivity contribution >= 4 is 27.3 Å². The highest BCUT2D eigenvalue weighted by Gasteiger charge is 2.34. The minimum Gasteiger partial charge on any atom is -0.349 e. The van der Waals surface area contributed by atoms with Gasteiger partial charge in [-0.2, -0.15) is 4.31 Å². The predicted molar refractivity (Wildman–Crippen MR) is 113 cm³/mol. The molecule has 1 aromatic carbocycles. The molecule has 0 radical (unpaired) electrons. The number of nitrogens with one attached hydrogen (secondary N) is 1. The van der Waals surface area contributed by atoms with E-state index in [-0.39, 0.29) is 24.4 Å². The molecule has 5 nitrogen and oxygen atoms in total. The van der Waals surface area contributed by atoms with E-state index in [1.54, 1.807) is 17.5 Å². The molecule has 0 saturated carbocycles. The Morgan fingerprint density at radius 3 is 2.71 bits per heavy atom. The zero-order valence-electron chi connectivity index (χ0n) is 16.6. The van der Waals surface area contributed by atoms with Crippen molar-refractivity contribution in [3.63, 3.8) is 0 Å². The summed E-state index contributed by atoms with van der Waals surface area (Å²) in [6, 6.07) is 9.56. The maximum absolute atomic E-state index is 12.9. The van der Waals surface area contributed by atoms with Crippen LogP contribution in [0.5, 0.6) is 0 Å². The van der Waals surface area contributed by atoms with E-state index in [1.165, 1.54) is 26.8 Å². The average molecular weight is 421 g/mol. The molecule has 1 saturated heterocycles. The molecule has 1 fully saturated rings. The highest BCUT2D eigenvalue weighted by atomic mass is 32.2. The summed E-state index contributed by atoms with van der Waals surface area (Å²) in [7, 11) is -3.51. The van der Waals surface area contributed by atoms with Gasteiger partial charge in [-0.3, -0.25) is 4.79 Å². The summed E-state index contributed by atoms with van der Waals surface area (Å²) in [5.74, 6) is -0.375. The highest BCUT2D eigenvalue weighted by Crippen LogP contribution is 2.27. The Balaban J connectivity index is 1.70. The molecule has 1 aliphatic rings. The standard InChI is InChI=1S/C21H28N2O3S2/c1-4-19(17-10-9-15(2)16(3)13-17)22-21(24)18-7-5-11-23(14-18)28(25,26)20-8-6-12-27-20/h6,8-10,12-13,18-19H,4-5,7,11,14H2,1-3H3,(H,22,24). The molecule has 152 valence electrons. The predicted octanol–water partition coefficient (Wildman–Crippen LogP) is 4.03. The van der Waals surface area contributed by atoms with Gasteiger partial charge >= 0.3 is 0 Å². The monoisotopic (exact) mass is 420 g/mol. The van der Waals surface area contributed by atoms with Crippen LogP contribution in [0, 0.1) is 19.8 Å². The fourth-order valence-electron chi connectivity index (χ4n) is 3.60. The van der Waals surface area contributed by atoms with Gasteiger partial charge in [-0.05, 0) is 61.2 Å². The first kappa shape index (κ1) is 21.0. The number of aryl methyl sites for hydroxylation is 2. The molecule has 7 heteroatoms. The third kappa shape index (κ3) is 4.47. The zero-order chi connectivity index (χ0) is 20.3. The van der Waals surface area contributed by atoms with Crippen molar-refractivity contribution in [2.24, 2.45) is 5.92 Å². The largest absolute Gasteiger partial charge is 0.349 e. The molecule has 0 aliphatic carbocycles. The number of carbonyl (C=O) groups is 1. The van der Waals surface area contributed by atoms with Gasteiger partial charge in [0, 0.05) is 13.1 Å². The second-order valence-corrected chi connectivity index (χ2v) is 10.6. The topological polar surface area (TPSA) is 66.5 Å². The number of carbonyl (C=O) groups excluding carboxylic acids is 1. The summed E-state index contributed by atoms with van der Waals surface area (Å²) in [6.07, 6.45) is 2.20. The Kier molecular flexibility index (Phi) is 6.58. The fourth-order valence-corrected chi connectivity index (χ4v) is 6.27. The van der Waals surface area contributed by atoms with E-state index >= 15 is 0 Å². The molecule has 28 heavy (non-hydrogen) atoms. The third-order valence-corrected chi connectivity index (χ3v) is 8.74. The van der Waals surface area contributed by atoms with Crippen LogP contribution in [0.2, 0.25) is 0 Å². The number of piperidine rings is 1. The van der Waals surface area contributed by atoms with Gasteiger partial charge in [0.15, 0.2) is 0 Å². The Hall–Kier alpha value is -1.70. The van der Waals surface area contributed by atoms with Crippen LogP contribution >= 0.6 is 11.3 Å². The Labute approximate surface area is 171 Å². The molecular weight excluding hydrogens is 392 g/mol. The Bertz CT molecular complexity index is 923. The summed E-state index contributed by atoms with van der Waals surface area (Å²) in [5.41, 5.74) is 3.53. The lowest BCUT2D eigenvalue weighted by molar-refractivity contribution is -0.126. The fraction of sp³-hybridized carbons (Fsp3) is 0.476. The number of thiophene rings is 1. The van der Waals surface area contributed by atoms with Crippen LogP contribution in [-0.4, -0.2) is 31.7 Å². The highest BCUT2D eigenvalue weighted by molar-refractivity contribution is 7.91. The molecule has 1 aliphatic heterocycles. The van der Waals surface area contributed by atoms with Crippen molar-refractivity contribution in [3.8, 4) is 0 Å². The summed E-state index contributed by atoms with van der Waals surface area (Å²) in [6.45, 7) is 6.91. The summed E-state index contributed by atoms with van der Waals surface area (Å²) in [5, 5.41) is 4.91. The zero-order valence-corrected chi connectivity index (χ0v) is 18.3. The van der Waals surface area contributed by atoms with Crippen LogP contribution in [-0.2, 0) is 14.8 Å². The van der Waals surface area contributed by atoms with Crippen molar-refractivity contribution in [3.05, 3.63) is 52.4 Å². The first-order valence-electron chi connectivity index (χ1n) is 9.74. The summed E-state index contributed by atoms with van der Waals surface area (Å²) < 4.78 is 27.4. The molecule has 2 atom stereocenters. The molecule has 0 bridgehead atoms. The van der Waals surface area contributed by atoms with E-state index in [0.717, 1.165) is 12.0 Å². The van der Waals surface area contributed by atoms with Gasteiger partial charge in [-0.1, -0.05) is 31.2 Å². The van der Waals surface area contributed by atoms with Crippen LogP contribution in [0.1, 0.15) is 48.9 Å². The molecule has 1 aromatic heterocycles. The lowest BCUT2D eigenvalue weighted by Crippen LogP contribution is -2.45. The molecule has 0 spiro atoms. The van der Waals surface area contributed by atoms with Crippen molar-refractivity contribution < 1.29 is 13.2 Å². The lowest BCUT2D eigenvalue weighted by atomic mass is 9.96. The summed E-state index contributed by atoms with van der Waals surface area (Å²) >= 11 is 1.22. The van der Waals surface area contributed by atoms with Crippen molar-refractivity contribution in [1.29, 1.82) is 0 Å². The van der Waals surface area contributed by atoms with Crippen LogP contribution in [0.25, 0.3) is 0 Å². The number of sulfonamides is 1. The lowest BCUT2D eigenvalue weighted by Gasteiger charge is -2.32. The van der Waals surface area contributed by atoms with Gasteiger partial charge in [0.05, 0.1) is 12.0 Å². The van der Waals surface area contributed by atoms with Crippen molar-refractivity contribution in [1.82, 2.24) is 9.62 Å². The van der Waals surface area contributed by atoms with Crippen LogP contribution < -0.4 is 5.32 Å². The molecule has 2 heterocycles. The minimum atomic E-state index is -3.51. The maximum atomic E-state index is 12.9. The first-order valence-corrected chi connectivity index (χ1v) is 12.1. The van der Waals surface area contributed by atoms with E-state index in [0.29, 0.717) is 23.6 Å². The molecule has 2 aromatic rings. The average Bonchev–Trinajstić information content (AvgIpc) is 3.24. The molecule has 1 amide bonds. The summed E-state index contributed by atoms with van der Waals surface area (Å²) in [4.78, 5) is 12.9. The number of hydrogen-bond acceptors (Lipinski definition) is 4. The van der Waals surface area contributed by atoms with Gasteiger partial charge in [0.2, 0.25) is 5.91 Å².